The Labute approximate surface area is 222 Å². The van der Waals surface area contributed by atoms with E-state index in [0.717, 1.165) is 22.4 Å². The Balaban J connectivity index is 1.63. The zero-order chi connectivity index (χ0) is 25.4. The van der Waals surface area contributed by atoms with Gasteiger partial charge in [-0.25, -0.2) is 0 Å². The number of para-hydroxylation sites is 1. The van der Waals surface area contributed by atoms with Crippen molar-refractivity contribution in [3.63, 3.8) is 0 Å². The smallest absolute Gasteiger partial charge is 0.154 e. The molecular formula is C30H30Cl2N2O2. The summed E-state index contributed by atoms with van der Waals surface area (Å²) in [6, 6.07) is 23.2. The number of fused-ring (bicyclic) bond motifs is 1. The Hall–Kier alpha value is -2.66. The molecule has 0 bridgehead atoms. The summed E-state index contributed by atoms with van der Waals surface area (Å²) in [4.78, 5) is 29.2. The summed E-state index contributed by atoms with van der Waals surface area (Å²) in [5.74, 6) is -0.180. The lowest BCUT2D eigenvalue weighted by Gasteiger charge is -2.47. The fourth-order valence-electron chi connectivity index (χ4n) is 6.44. The molecule has 3 aromatic carbocycles. The molecule has 1 aliphatic carbocycles. The van der Waals surface area contributed by atoms with E-state index in [2.05, 4.69) is 17.4 Å². The summed E-state index contributed by atoms with van der Waals surface area (Å²) < 4.78 is 0. The topological polar surface area (TPSA) is 49.4 Å². The molecule has 5 rings (SSSR count). The van der Waals surface area contributed by atoms with Crippen LogP contribution in [0.15, 0.2) is 72.8 Å². The van der Waals surface area contributed by atoms with Crippen molar-refractivity contribution in [2.24, 2.45) is 11.8 Å². The number of nitrogens with zero attached hydrogens (tertiary/aromatic N) is 1. The van der Waals surface area contributed by atoms with Gasteiger partial charge in [0.05, 0.1) is 6.04 Å². The molecule has 186 valence electrons. The van der Waals surface area contributed by atoms with Gasteiger partial charge in [0.15, 0.2) is 5.78 Å². The maximum atomic E-state index is 14.0. The second-order valence-electron chi connectivity index (χ2n) is 10.1. The molecule has 1 saturated heterocycles. The number of hydrogen-bond donors (Lipinski definition) is 1. The Bertz CT molecular complexity index is 1260. The minimum Gasteiger partial charge on any atom is -0.377 e. The Morgan fingerprint density at radius 2 is 1.61 bits per heavy atom. The number of ketones is 2. The van der Waals surface area contributed by atoms with Crippen LogP contribution in [0.3, 0.4) is 0 Å². The Morgan fingerprint density at radius 3 is 2.22 bits per heavy atom. The van der Waals surface area contributed by atoms with Crippen LogP contribution in [0.1, 0.15) is 29.5 Å². The average molecular weight is 521 g/mol. The molecule has 3 atom stereocenters. The van der Waals surface area contributed by atoms with Gasteiger partial charge in [0.25, 0.3) is 0 Å². The minimum atomic E-state index is -0.570. The quantitative estimate of drug-likeness (QED) is 0.451. The Kier molecular flexibility index (Phi) is 6.95. The van der Waals surface area contributed by atoms with E-state index in [9.17, 15) is 9.59 Å². The van der Waals surface area contributed by atoms with Crippen molar-refractivity contribution < 1.29 is 9.59 Å². The second kappa shape index (κ2) is 10.0. The molecule has 3 aromatic rings. The van der Waals surface area contributed by atoms with Crippen molar-refractivity contribution in [3.8, 4) is 0 Å². The second-order valence-corrected chi connectivity index (χ2v) is 11.0. The van der Waals surface area contributed by atoms with Gasteiger partial charge in [-0.2, -0.15) is 0 Å². The standard InChI is InChI=1S/C30H30Cl2N2O2/c1-34(2)25-12-4-3-7-19(25)15-27(36)29-28-24(18-33-29)26(35)13-14-30(28,20-8-5-10-22(31)16-20)21-9-6-11-23(32)17-21/h3-12,16-17,24,28-29,33H,13-15,18H2,1-2H3. The predicted molar refractivity (Wildman–Crippen MR) is 146 cm³/mol. The Morgan fingerprint density at radius 1 is 0.972 bits per heavy atom. The van der Waals surface area contributed by atoms with Gasteiger partial charge >= 0.3 is 0 Å². The van der Waals surface area contributed by atoms with E-state index in [-0.39, 0.29) is 23.4 Å². The normalized spacial score (nSPS) is 22.8. The number of anilines is 1. The zero-order valence-corrected chi connectivity index (χ0v) is 22.0. The molecule has 3 unspecified atom stereocenters. The van der Waals surface area contributed by atoms with Crippen molar-refractivity contribution in [2.45, 2.75) is 30.7 Å². The van der Waals surface area contributed by atoms with Crippen LogP contribution >= 0.6 is 23.2 Å². The number of nitrogens with one attached hydrogen (secondary N) is 1. The average Bonchev–Trinajstić information content (AvgIpc) is 3.32. The van der Waals surface area contributed by atoms with Crippen molar-refractivity contribution in [1.82, 2.24) is 5.32 Å². The molecule has 0 spiro atoms. The summed E-state index contributed by atoms with van der Waals surface area (Å²) in [5.41, 5.74) is 3.48. The van der Waals surface area contributed by atoms with Gasteiger partial charge in [0.1, 0.15) is 5.78 Å². The first kappa shape index (κ1) is 25.0. The van der Waals surface area contributed by atoms with Gasteiger partial charge in [0, 0.05) is 66.5 Å². The molecule has 2 fully saturated rings. The van der Waals surface area contributed by atoms with Gasteiger partial charge < -0.3 is 10.2 Å². The molecule has 2 aliphatic rings. The third-order valence-corrected chi connectivity index (χ3v) is 8.43. The first-order valence-electron chi connectivity index (χ1n) is 12.4. The van der Waals surface area contributed by atoms with Gasteiger partial charge in [-0.3, -0.25) is 9.59 Å². The highest BCUT2D eigenvalue weighted by Gasteiger charge is 2.58. The highest BCUT2D eigenvalue weighted by Crippen LogP contribution is 2.53. The fraction of sp³-hybridized carbons (Fsp3) is 0.333. The van der Waals surface area contributed by atoms with Crippen molar-refractivity contribution >= 4 is 40.5 Å². The third-order valence-electron chi connectivity index (χ3n) is 7.96. The van der Waals surface area contributed by atoms with Crippen LogP contribution in [0.4, 0.5) is 5.69 Å². The van der Waals surface area contributed by atoms with Crippen LogP contribution in [-0.4, -0.2) is 38.2 Å². The molecule has 0 radical (unpaired) electrons. The summed E-state index contributed by atoms with van der Waals surface area (Å²) in [5, 5.41) is 4.74. The minimum absolute atomic E-state index is 0.0972. The maximum Gasteiger partial charge on any atom is 0.154 e. The van der Waals surface area contributed by atoms with Crippen LogP contribution in [0.5, 0.6) is 0 Å². The highest BCUT2D eigenvalue weighted by molar-refractivity contribution is 6.31. The number of hydrogen-bond acceptors (Lipinski definition) is 4. The van der Waals surface area contributed by atoms with Gasteiger partial charge in [0.2, 0.25) is 0 Å². The van der Waals surface area contributed by atoms with Gasteiger partial charge in [-0.05, 0) is 53.4 Å². The van der Waals surface area contributed by atoms with E-state index >= 15 is 0 Å². The molecular weight excluding hydrogens is 491 g/mol. The van der Waals surface area contributed by atoms with Crippen LogP contribution in [0.2, 0.25) is 10.0 Å². The van der Waals surface area contributed by atoms with Crippen molar-refractivity contribution in [2.75, 3.05) is 25.5 Å². The van der Waals surface area contributed by atoms with E-state index in [4.69, 9.17) is 23.2 Å². The fourth-order valence-corrected chi connectivity index (χ4v) is 6.82. The SMILES string of the molecule is CN(C)c1ccccc1CC(=O)C1NCC2C(=O)CCC(c3cccc(Cl)c3)(c3cccc(Cl)c3)C21. The molecule has 1 heterocycles. The molecule has 0 amide bonds. The van der Waals surface area contributed by atoms with E-state index in [0.29, 0.717) is 35.9 Å². The van der Waals surface area contributed by atoms with Crippen molar-refractivity contribution in [3.05, 3.63) is 99.5 Å². The van der Waals surface area contributed by atoms with Crippen molar-refractivity contribution in [1.29, 1.82) is 0 Å². The molecule has 1 saturated carbocycles. The number of benzene rings is 3. The largest absolute Gasteiger partial charge is 0.377 e. The van der Waals surface area contributed by atoms with Crippen LogP contribution in [0.25, 0.3) is 0 Å². The number of carbonyl (C=O) groups excluding carboxylic acids is 2. The lowest BCUT2D eigenvalue weighted by Crippen LogP contribution is -2.52. The zero-order valence-electron chi connectivity index (χ0n) is 20.5. The summed E-state index contributed by atoms with van der Waals surface area (Å²) in [6.45, 7) is 0.498. The summed E-state index contributed by atoms with van der Waals surface area (Å²) >= 11 is 13.0. The van der Waals surface area contributed by atoms with E-state index in [1.165, 1.54) is 0 Å². The first-order valence-corrected chi connectivity index (χ1v) is 13.1. The van der Waals surface area contributed by atoms with Gasteiger partial charge in [-0.1, -0.05) is 65.7 Å². The van der Waals surface area contributed by atoms with Crippen LogP contribution in [-0.2, 0) is 21.4 Å². The number of Topliss-reactive ketones (excluding diaryl/α,β-unsaturated/α-hetero) is 2. The molecule has 36 heavy (non-hydrogen) atoms. The number of halogens is 2. The molecule has 1 N–H and O–H groups in total. The number of carbonyl (C=O) groups is 2. The molecule has 4 nitrogen and oxygen atoms in total. The summed E-state index contributed by atoms with van der Waals surface area (Å²) in [7, 11) is 3.96. The van der Waals surface area contributed by atoms with Crippen LogP contribution in [0, 0.1) is 11.8 Å². The maximum absolute atomic E-state index is 14.0. The van der Waals surface area contributed by atoms with E-state index in [1.54, 1.807) is 0 Å². The monoisotopic (exact) mass is 520 g/mol. The number of rotatable bonds is 6. The van der Waals surface area contributed by atoms with E-state index < -0.39 is 11.5 Å². The highest BCUT2D eigenvalue weighted by atomic mass is 35.5. The molecule has 0 aromatic heterocycles. The van der Waals surface area contributed by atoms with Crippen LogP contribution < -0.4 is 10.2 Å². The molecule has 6 heteroatoms. The van der Waals surface area contributed by atoms with Gasteiger partial charge in [-0.15, -0.1) is 0 Å². The van der Waals surface area contributed by atoms with E-state index in [1.807, 2.05) is 79.7 Å². The lowest BCUT2D eigenvalue weighted by atomic mass is 9.54. The first-order chi connectivity index (χ1) is 17.3. The summed E-state index contributed by atoms with van der Waals surface area (Å²) in [6.07, 6.45) is 1.35. The lowest BCUT2D eigenvalue weighted by molar-refractivity contribution is -0.128. The predicted octanol–water partition coefficient (Wildman–Crippen LogP) is 5.72. The molecule has 1 aliphatic heterocycles. The third kappa shape index (κ3) is 4.36.